The maximum Gasteiger partial charge on any atom is 0.264 e. The van der Waals surface area contributed by atoms with Gasteiger partial charge in [0, 0.05) is 24.5 Å². The van der Waals surface area contributed by atoms with Crippen molar-refractivity contribution in [3.63, 3.8) is 0 Å². The van der Waals surface area contributed by atoms with Crippen LogP contribution in [0.5, 0.6) is 0 Å². The van der Waals surface area contributed by atoms with Crippen LogP contribution in [0.1, 0.15) is 30.9 Å². The van der Waals surface area contributed by atoms with Gasteiger partial charge in [0.2, 0.25) is 11.8 Å². The lowest BCUT2D eigenvalue weighted by Gasteiger charge is -2.34. The fourth-order valence-electron chi connectivity index (χ4n) is 4.75. The molecule has 0 radical (unpaired) electrons. The van der Waals surface area contributed by atoms with Crippen LogP contribution in [-0.4, -0.2) is 44.3 Å². The zero-order valence-corrected chi connectivity index (χ0v) is 26.0. The molecule has 0 bridgehead atoms. The number of unbranched alkanes of at least 4 members (excludes halogenated alkanes) is 1. The summed E-state index contributed by atoms with van der Waals surface area (Å²) in [4.78, 5) is 29.3. The van der Waals surface area contributed by atoms with Crippen molar-refractivity contribution in [2.75, 3.05) is 17.4 Å². The molecule has 4 aromatic carbocycles. The number of carbonyl (C=O) groups excluding carboxylic acids is 2. The highest BCUT2D eigenvalue weighted by Crippen LogP contribution is 2.25. The topological polar surface area (TPSA) is 86.8 Å². The molecule has 0 fully saturated rings. The number of sulfonamides is 1. The third-order valence-electron chi connectivity index (χ3n) is 7.07. The number of hydrogen-bond donors (Lipinski definition) is 1. The minimum absolute atomic E-state index is 0.0112. The first kappa shape index (κ1) is 32.7. The Hall–Kier alpha value is -4.21. The van der Waals surface area contributed by atoms with Gasteiger partial charge < -0.3 is 10.2 Å². The molecular formula is C34H35ClFN3O4S. The number of amides is 2. The third-order valence-corrected chi connectivity index (χ3v) is 9.09. The number of anilines is 1. The Morgan fingerprint density at radius 1 is 0.864 bits per heavy atom. The van der Waals surface area contributed by atoms with E-state index >= 15 is 0 Å². The van der Waals surface area contributed by atoms with Crippen molar-refractivity contribution >= 4 is 39.1 Å². The van der Waals surface area contributed by atoms with Gasteiger partial charge in [-0.25, -0.2) is 12.8 Å². The van der Waals surface area contributed by atoms with Crippen LogP contribution in [0.3, 0.4) is 0 Å². The number of hydrogen-bond acceptors (Lipinski definition) is 4. The average Bonchev–Trinajstić information content (AvgIpc) is 3.02. The summed E-state index contributed by atoms with van der Waals surface area (Å²) in [5, 5.41) is 3.42. The number of nitrogens with zero attached hydrogens (tertiary/aromatic N) is 2. The van der Waals surface area contributed by atoms with Gasteiger partial charge in [0.1, 0.15) is 18.4 Å². The molecule has 0 spiro atoms. The molecule has 0 saturated carbocycles. The van der Waals surface area contributed by atoms with Crippen molar-refractivity contribution in [2.24, 2.45) is 0 Å². The van der Waals surface area contributed by atoms with Crippen LogP contribution < -0.4 is 9.62 Å². The van der Waals surface area contributed by atoms with E-state index < -0.39 is 34.3 Å². The van der Waals surface area contributed by atoms with E-state index in [9.17, 15) is 22.4 Å². The van der Waals surface area contributed by atoms with E-state index in [2.05, 4.69) is 5.32 Å². The molecule has 7 nitrogen and oxygen atoms in total. The molecule has 1 N–H and O–H groups in total. The molecule has 10 heteroatoms. The van der Waals surface area contributed by atoms with E-state index in [-0.39, 0.29) is 29.5 Å². The minimum atomic E-state index is -4.30. The lowest BCUT2D eigenvalue weighted by atomic mass is 10.0. The van der Waals surface area contributed by atoms with Crippen LogP contribution in [0.15, 0.2) is 114 Å². The maximum absolute atomic E-state index is 14.4. The smallest absolute Gasteiger partial charge is 0.264 e. The van der Waals surface area contributed by atoms with E-state index in [4.69, 9.17) is 11.6 Å². The van der Waals surface area contributed by atoms with E-state index in [0.29, 0.717) is 17.1 Å². The summed E-state index contributed by atoms with van der Waals surface area (Å²) in [6, 6.07) is 28.0. The van der Waals surface area contributed by atoms with Gasteiger partial charge >= 0.3 is 0 Å². The van der Waals surface area contributed by atoms with E-state index in [1.54, 1.807) is 54.6 Å². The molecule has 44 heavy (non-hydrogen) atoms. The van der Waals surface area contributed by atoms with Crippen LogP contribution in [-0.2, 0) is 32.6 Å². The van der Waals surface area contributed by atoms with Gasteiger partial charge in [0.25, 0.3) is 10.0 Å². The molecule has 4 aromatic rings. The van der Waals surface area contributed by atoms with Gasteiger partial charge in [0.15, 0.2) is 0 Å². The second kappa shape index (κ2) is 15.5. The number of halogens is 2. The number of rotatable bonds is 14. The summed E-state index contributed by atoms with van der Waals surface area (Å²) in [6.45, 7) is 1.87. The second-order valence-electron chi connectivity index (χ2n) is 10.3. The quantitative estimate of drug-likeness (QED) is 0.166. The van der Waals surface area contributed by atoms with Crippen LogP contribution in [0.2, 0.25) is 5.02 Å². The van der Waals surface area contributed by atoms with Crippen LogP contribution >= 0.6 is 11.6 Å². The van der Waals surface area contributed by atoms with Gasteiger partial charge in [0.05, 0.1) is 10.6 Å². The zero-order valence-electron chi connectivity index (χ0n) is 24.4. The first-order valence-corrected chi connectivity index (χ1v) is 16.2. The van der Waals surface area contributed by atoms with Crippen molar-refractivity contribution in [1.29, 1.82) is 0 Å². The fourth-order valence-corrected chi connectivity index (χ4v) is 6.38. The van der Waals surface area contributed by atoms with Crippen molar-refractivity contribution < 1.29 is 22.4 Å². The molecule has 2 amide bonds. The van der Waals surface area contributed by atoms with E-state index in [1.807, 2.05) is 37.3 Å². The van der Waals surface area contributed by atoms with Crippen LogP contribution in [0, 0.1) is 5.82 Å². The summed E-state index contributed by atoms with van der Waals surface area (Å²) in [7, 11) is -4.30. The largest absolute Gasteiger partial charge is 0.354 e. The van der Waals surface area contributed by atoms with E-state index in [0.717, 1.165) is 47.0 Å². The predicted octanol–water partition coefficient (Wildman–Crippen LogP) is 6.23. The summed E-state index contributed by atoms with van der Waals surface area (Å²) >= 11 is 6.27. The standard InChI is InChI=1S/C34H35ClFN3O4S/c1-2-3-21-37-34(41)32(23-26-11-6-4-7-12-26)38(24-27-13-10-14-28(35)22-27)33(40)25-39(30-15-8-5-9-16-30)44(42,43)31-19-17-29(36)18-20-31/h4-20,22,32H,2-3,21,23-25H2,1H3,(H,37,41)/t32-/m1/s1. The van der Waals surface area contributed by atoms with Crippen molar-refractivity contribution in [1.82, 2.24) is 10.2 Å². The predicted molar refractivity (Wildman–Crippen MR) is 171 cm³/mol. The molecule has 230 valence electrons. The Labute approximate surface area is 263 Å². The Morgan fingerprint density at radius 3 is 2.14 bits per heavy atom. The molecule has 0 saturated heterocycles. The molecule has 0 unspecified atom stereocenters. The maximum atomic E-state index is 14.4. The van der Waals surface area contributed by atoms with Crippen molar-refractivity contribution in [3.05, 3.63) is 131 Å². The molecule has 1 atom stereocenters. The van der Waals surface area contributed by atoms with E-state index in [1.165, 1.54) is 4.90 Å². The molecular weight excluding hydrogens is 601 g/mol. The zero-order chi connectivity index (χ0) is 31.5. The minimum Gasteiger partial charge on any atom is -0.354 e. The van der Waals surface area contributed by atoms with Crippen molar-refractivity contribution in [2.45, 2.75) is 43.7 Å². The highest BCUT2D eigenvalue weighted by Gasteiger charge is 2.34. The molecule has 0 aliphatic rings. The number of carbonyl (C=O) groups is 2. The first-order valence-electron chi connectivity index (χ1n) is 14.4. The number of nitrogens with one attached hydrogen (secondary N) is 1. The van der Waals surface area contributed by atoms with Gasteiger partial charge in [-0.1, -0.05) is 85.6 Å². The lowest BCUT2D eigenvalue weighted by molar-refractivity contribution is -0.140. The van der Waals surface area contributed by atoms with Gasteiger partial charge in [-0.15, -0.1) is 0 Å². The molecule has 0 heterocycles. The Morgan fingerprint density at radius 2 is 1.50 bits per heavy atom. The Balaban J connectivity index is 1.77. The SMILES string of the molecule is CCCCNC(=O)[C@@H](Cc1ccccc1)N(Cc1cccc(Cl)c1)C(=O)CN(c1ccccc1)S(=O)(=O)c1ccc(F)cc1. The van der Waals surface area contributed by atoms with Gasteiger partial charge in [-0.3, -0.25) is 13.9 Å². The number of para-hydroxylation sites is 1. The normalized spacial score (nSPS) is 11.9. The Kier molecular flexibility index (Phi) is 11.5. The highest BCUT2D eigenvalue weighted by molar-refractivity contribution is 7.92. The lowest BCUT2D eigenvalue weighted by Crippen LogP contribution is -2.53. The molecule has 0 aliphatic carbocycles. The van der Waals surface area contributed by atoms with Crippen LogP contribution in [0.4, 0.5) is 10.1 Å². The first-order chi connectivity index (χ1) is 21.2. The molecule has 0 aromatic heterocycles. The highest BCUT2D eigenvalue weighted by atomic mass is 35.5. The average molecular weight is 636 g/mol. The second-order valence-corrected chi connectivity index (χ2v) is 12.6. The van der Waals surface area contributed by atoms with Crippen LogP contribution in [0.25, 0.3) is 0 Å². The third kappa shape index (κ3) is 8.67. The summed E-state index contributed by atoms with van der Waals surface area (Å²) in [5.74, 6) is -1.52. The summed E-state index contributed by atoms with van der Waals surface area (Å²) in [5.41, 5.74) is 1.77. The molecule has 0 aliphatic heterocycles. The molecule has 4 rings (SSSR count). The fraction of sp³-hybridized carbons (Fsp3) is 0.235. The summed E-state index contributed by atoms with van der Waals surface area (Å²) < 4.78 is 42.5. The number of benzene rings is 4. The van der Waals surface area contributed by atoms with Gasteiger partial charge in [-0.2, -0.15) is 0 Å². The van der Waals surface area contributed by atoms with Crippen molar-refractivity contribution in [3.8, 4) is 0 Å². The van der Waals surface area contributed by atoms with Gasteiger partial charge in [-0.05, 0) is 66.1 Å². The Bertz CT molecular complexity index is 1640. The monoisotopic (exact) mass is 635 g/mol. The summed E-state index contributed by atoms with van der Waals surface area (Å²) in [6.07, 6.45) is 1.85.